The van der Waals surface area contributed by atoms with Gasteiger partial charge in [-0.2, -0.15) is 0 Å². The van der Waals surface area contributed by atoms with E-state index < -0.39 is 5.97 Å². The van der Waals surface area contributed by atoms with E-state index in [1.807, 2.05) is 32.9 Å². The highest BCUT2D eigenvalue weighted by Gasteiger charge is 2.23. The second-order valence-electron chi connectivity index (χ2n) is 6.68. The van der Waals surface area contributed by atoms with Crippen LogP contribution in [-0.2, 0) is 22.5 Å². The van der Waals surface area contributed by atoms with Gasteiger partial charge in [-0.1, -0.05) is 6.92 Å². The maximum atomic E-state index is 12.6. The lowest BCUT2D eigenvalue weighted by Crippen LogP contribution is -2.15. The van der Waals surface area contributed by atoms with Crippen molar-refractivity contribution < 1.29 is 18.7 Å². The fourth-order valence-corrected chi connectivity index (χ4v) is 3.36. The Morgan fingerprint density at radius 2 is 2.07 bits per heavy atom. The van der Waals surface area contributed by atoms with Crippen LogP contribution >= 0.6 is 0 Å². The Kier molecular flexibility index (Phi) is 4.31. The zero-order valence-electron chi connectivity index (χ0n) is 15.8. The number of aryl methyl sites for hydroxylation is 1. The molecule has 4 aromatic rings. The topological polar surface area (TPSA) is 90.2 Å². The van der Waals surface area contributed by atoms with Gasteiger partial charge in [-0.3, -0.25) is 0 Å². The average Bonchev–Trinajstić information content (AvgIpc) is 3.21. The predicted octanol–water partition coefficient (Wildman–Crippen LogP) is 4.13. The molecule has 0 aliphatic rings. The van der Waals surface area contributed by atoms with Crippen LogP contribution in [0.5, 0.6) is 0 Å². The molecule has 0 unspecified atom stereocenters. The van der Waals surface area contributed by atoms with Gasteiger partial charge in [-0.15, -0.1) is 0 Å². The molecular weight excluding hydrogens is 346 g/mol. The van der Waals surface area contributed by atoms with Crippen LogP contribution in [0.2, 0.25) is 0 Å². The first-order chi connectivity index (χ1) is 13.0. The molecule has 7 heteroatoms. The number of oxazole rings is 1. The number of hydrogen-bond acceptors (Lipinski definition) is 6. The van der Waals surface area contributed by atoms with Gasteiger partial charge < -0.3 is 18.9 Å². The van der Waals surface area contributed by atoms with E-state index in [2.05, 4.69) is 15.0 Å². The minimum absolute atomic E-state index is 0.231. The zero-order chi connectivity index (χ0) is 19.1. The minimum Gasteiger partial charge on any atom is -0.458 e. The number of benzene rings is 1. The number of fused-ring (bicyclic) bond motifs is 5. The largest absolute Gasteiger partial charge is 0.458 e. The number of methoxy groups -OCH3 is 1. The Morgan fingerprint density at radius 1 is 1.26 bits per heavy atom. The van der Waals surface area contributed by atoms with Crippen LogP contribution in [0.4, 0.5) is 0 Å². The maximum Gasteiger partial charge on any atom is 0.357 e. The van der Waals surface area contributed by atoms with Crippen molar-refractivity contribution in [3.05, 3.63) is 35.5 Å². The molecule has 3 heterocycles. The van der Waals surface area contributed by atoms with E-state index >= 15 is 0 Å². The lowest BCUT2D eigenvalue weighted by Gasteiger charge is -2.11. The van der Waals surface area contributed by atoms with Gasteiger partial charge in [0.2, 0.25) is 0 Å². The summed E-state index contributed by atoms with van der Waals surface area (Å²) in [6.07, 6.45) is 2.12. The van der Waals surface area contributed by atoms with Crippen LogP contribution in [0, 0.1) is 0 Å². The number of nitrogens with zero attached hydrogens (tertiary/aromatic N) is 2. The number of esters is 1. The van der Waals surface area contributed by atoms with Gasteiger partial charge in [0, 0.05) is 35.4 Å². The zero-order valence-corrected chi connectivity index (χ0v) is 15.8. The molecule has 0 radical (unpaired) electrons. The van der Waals surface area contributed by atoms with Crippen LogP contribution in [0.3, 0.4) is 0 Å². The monoisotopic (exact) mass is 367 g/mol. The molecule has 0 bridgehead atoms. The lowest BCUT2D eigenvalue weighted by atomic mass is 10.0. The van der Waals surface area contributed by atoms with E-state index in [4.69, 9.17) is 13.9 Å². The van der Waals surface area contributed by atoms with E-state index in [1.54, 1.807) is 13.3 Å². The van der Waals surface area contributed by atoms with Crippen molar-refractivity contribution in [3.8, 4) is 0 Å². The summed E-state index contributed by atoms with van der Waals surface area (Å²) in [5.74, 6) is 0.212. The molecule has 0 fully saturated rings. The number of carbonyl (C=O) groups is 1. The fourth-order valence-electron chi connectivity index (χ4n) is 3.36. The first kappa shape index (κ1) is 17.5. The molecule has 27 heavy (non-hydrogen) atoms. The van der Waals surface area contributed by atoms with Crippen molar-refractivity contribution in [2.75, 3.05) is 7.11 Å². The second-order valence-corrected chi connectivity index (χ2v) is 6.68. The van der Waals surface area contributed by atoms with E-state index in [1.165, 1.54) is 0 Å². The molecule has 0 atom stereocenters. The van der Waals surface area contributed by atoms with Crippen molar-refractivity contribution in [3.63, 3.8) is 0 Å². The molecule has 0 saturated heterocycles. The second kappa shape index (κ2) is 6.66. The van der Waals surface area contributed by atoms with Crippen molar-refractivity contribution in [1.82, 2.24) is 15.0 Å². The summed E-state index contributed by atoms with van der Waals surface area (Å²) in [7, 11) is 1.59. The molecule has 7 nitrogen and oxygen atoms in total. The standard InChI is InChI=1S/C20H21N3O4/c1-5-15-23-19-14(27-15)7-6-12-17(19)16-11(9-25-4)18(20(24)26-10(2)3)21-8-13(16)22-12/h6-8,10,22H,5,9H2,1-4H3. The van der Waals surface area contributed by atoms with E-state index in [0.29, 0.717) is 23.5 Å². The molecule has 4 rings (SSSR count). The number of nitrogens with one attached hydrogen (secondary N) is 1. The van der Waals surface area contributed by atoms with E-state index in [0.717, 1.165) is 27.3 Å². The molecule has 3 aromatic heterocycles. The predicted molar refractivity (Wildman–Crippen MR) is 102 cm³/mol. The average molecular weight is 367 g/mol. The molecular formula is C20H21N3O4. The van der Waals surface area contributed by atoms with Crippen LogP contribution in [0.15, 0.2) is 22.7 Å². The third kappa shape index (κ3) is 2.84. The Hall–Kier alpha value is -2.93. The van der Waals surface area contributed by atoms with Gasteiger partial charge in [0.25, 0.3) is 0 Å². The lowest BCUT2D eigenvalue weighted by molar-refractivity contribution is 0.0366. The first-order valence-electron chi connectivity index (χ1n) is 8.95. The fraction of sp³-hybridized carbons (Fsp3) is 0.350. The number of hydrogen-bond donors (Lipinski definition) is 1. The summed E-state index contributed by atoms with van der Waals surface area (Å²) >= 11 is 0. The summed E-state index contributed by atoms with van der Waals surface area (Å²) in [5.41, 5.74) is 4.14. The maximum absolute atomic E-state index is 12.6. The number of aromatic nitrogens is 3. The molecule has 0 aliphatic carbocycles. The molecule has 1 aromatic carbocycles. The van der Waals surface area contributed by atoms with Gasteiger partial charge in [0.15, 0.2) is 17.2 Å². The van der Waals surface area contributed by atoms with Gasteiger partial charge in [-0.25, -0.2) is 14.8 Å². The van der Waals surface area contributed by atoms with Crippen molar-refractivity contribution in [1.29, 1.82) is 0 Å². The summed E-state index contributed by atoms with van der Waals surface area (Å²) in [6.45, 7) is 5.85. The SMILES string of the molecule is CCc1nc2c(ccc3[nH]c4cnc(C(=O)OC(C)C)c(COC)c4c32)o1. The number of ether oxygens (including phenoxy) is 2. The van der Waals surface area contributed by atoms with Gasteiger partial charge >= 0.3 is 5.97 Å². The smallest absolute Gasteiger partial charge is 0.357 e. The number of carbonyl (C=O) groups excluding carboxylic acids is 1. The first-order valence-corrected chi connectivity index (χ1v) is 8.95. The quantitative estimate of drug-likeness (QED) is 0.533. The third-order valence-electron chi connectivity index (χ3n) is 4.43. The molecule has 0 saturated carbocycles. The summed E-state index contributed by atoms with van der Waals surface area (Å²) in [4.78, 5) is 24.9. The molecule has 0 aliphatic heterocycles. The highest BCUT2D eigenvalue weighted by molar-refractivity contribution is 6.20. The normalized spacial score (nSPS) is 11.9. The van der Waals surface area contributed by atoms with Crippen molar-refractivity contribution in [2.24, 2.45) is 0 Å². The van der Waals surface area contributed by atoms with Crippen LogP contribution < -0.4 is 0 Å². The summed E-state index contributed by atoms with van der Waals surface area (Å²) in [5, 5.41) is 1.76. The van der Waals surface area contributed by atoms with E-state index in [9.17, 15) is 4.79 Å². The third-order valence-corrected chi connectivity index (χ3v) is 4.43. The van der Waals surface area contributed by atoms with Gasteiger partial charge in [0.05, 0.1) is 24.4 Å². The van der Waals surface area contributed by atoms with Crippen LogP contribution in [0.25, 0.3) is 32.9 Å². The summed E-state index contributed by atoms with van der Waals surface area (Å²) in [6, 6.07) is 3.85. The Bertz CT molecular complexity index is 1160. The number of rotatable bonds is 5. The molecule has 140 valence electrons. The molecule has 0 amide bonds. The van der Waals surface area contributed by atoms with Crippen LogP contribution in [-0.4, -0.2) is 34.1 Å². The van der Waals surface area contributed by atoms with Crippen LogP contribution in [0.1, 0.15) is 42.7 Å². The molecule has 0 spiro atoms. The summed E-state index contributed by atoms with van der Waals surface area (Å²) < 4.78 is 16.6. The number of pyridine rings is 1. The number of H-pyrrole nitrogens is 1. The highest BCUT2D eigenvalue weighted by atomic mass is 16.5. The van der Waals surface area contributed by atoms with E-state index in [-0.39, 0.29) is 18.4 Å². The van der Waals surface area contributed by atoms with Crippen molar-refractivity contribution >= 4 is 38.9 Å². The van der Waals surface area contributed by atoms with Gasteiger partial charge in [-0.05, 0) is 26.0 Å². The van der Waals surface area contributed by atoms with Gasteiger partial charge in [0.1, 0.15) is 5.52 Å². The van der Waals surface area contributed by atoms with Crippen molar-refractivity contribution in [2.45, 2.75) is 39.9 Å². The Labute approximate surface area is 155 Å². The molecule has 1 N–H and O–H groups in total. The highest BCUT2D eigenvalue weighted by Crippen LogP contribution is 2.35. The number of aromatic amines is 1. The minimum atomic E-state index is -0.463. The Morgan fingerprint density at radius 3 is 2.78 bits per heavy atom. The Balaban J connectivity index is 2.08.